The van der Waals surface area contributed by atoms with Gasteiger partial charge in [0.2, 0.25) is 15.9 Å². The van der Waals surface area contributed by atoms with Gasteiger partial charge in [-0.3, -0.25) is 4.79 Å². The van der Waals surface area contributed by atoms with Gasteiger partial charge in [-0.2, -0.15) is 8.78 Å². The normalized spacial score (nSPS) is 11.5. The lowest BCUT2D eigenvalue weighted by molar-refractivity contribution is -0.121. The molecule has 1 aromatic carbocycles. The van der Waals surface area contributed by atoms with Crippen LogP contribution in [0.3, 0.4) is 0 Å². The molecular formula is C15H16F2N2O4S2. The van der Waals surface area contributed by atoms with E-state index in [9.17, 15) is 22.0 Å². The Morgan fingerprint density at radius 1 is 1.20 bits per heavy atom. The molecule has 0 unspecified atom stereocenters. The van der Waals surface area contributed by atoms with E-state index in [1.54, 1.807) is 29.6 Å². The number of hydrogen-bond acceptors (Lipinski definition) is 5. The largest absolute Gasteiger partial charge is 0.434 e. The summed E-state index contributed by atoms with van der Waals surface area (Å²) in [5.41, 5.74) is 0.398. The van der Waals surface area contributed by atoms with Crippen LogP contribution in [0.1, 0.15) is 12.0 Å². The first-order chi connectivity index (χ1) is 11.9. The van der Waals surface area contributed by atoms with Crippen molar-refractivity contribution in [3.05, 3.63) is 47.3 Å². The summed E-state index contributed by atoms with van der Waals surface area (Å²) in [5.74, 6) is -0.433. The van der Waals surface area contributed by atoms with Crippen LogP contribution in [0.15, 0.2) is 46.0 Å². The van der Waals surface area contributed by atoms with Crippen molar-refractivity contribution in [2.45, 2.75) is 23.8 Å². The van der Waals surface area contributed by atoms with E-state index in [4.69, 9.17) is 0 Å². The number of thiophene rings is 1. The van der Waals surface area contributed by atoms with Gasteiger partial charge in [0.15, 0.2) is 0 Å². The smallest absolute Gasteiger partial charge is 0.387 e. The highest BCUT2D eigenvalue weighted by Crippen LogP contribution is 2.20. The molecule has 6 nitrogen and oxygen atoms in total. The molecule has 0 aliphatic heterocycles. The number of hydrogen-bond donors (Lipinski definition) is 2. The molecule has 2 rings (SSSR count). The Bertz CT molecular complexity index is 796. The zero-order valence-electron chi connectivity index (χ0n) is 12.9. The number of sulfonamides is 1. The highest BCUT2D eigenvalue weighted by molar-refractivity contribution is 7.91. The van der Waals surface area contributed by atoms with E-state index < -0.39 is 22.5 Å². The van der Waals surface area contributed by atoms with Crippen LogP contribution in [-0.2, 0) is 21.4 Å². The van der Waals surface area contributed by atoms with Crippen LogP contribution in [0.5, 0.6) is 5.75 Å². The second kappa shape index (κ2) is 8.88. The summed E-state index contributed by atoms with van der Waals surface area (Å²) in [7, 11) is -3.61. The molecule has 0 spiro atoms. The van der Waals surface area contributed by atoms with Crippen molar-refractivity contribution in [3.63, 3.8) is 0 Å². The van der Waals surface area contributed by atoms with E-state index in [0.29, 0.717) is 5.56 Å². The van der Waals surface area contributed by atoms with E-state index in [1.807, 2.05) is 0 Å². The van der Waals surface area contributed by atoms with Crippen LogP contribution in [-0.4, -0.2) is 27.5 Å². The Kier molecular flexibility index (Phi) is 6.85. The summed E-state index contributed by atoms with van der Waals surface area (Å²) in [6.45, 7) is -3.02. The van der Waals surface area contributed by atoms with Crippen molar-refractivity contribution in [2.24, 2.45) is 0 Å². The third-order valence-corrected chi connectivity index (χ3v) is 5.93. The van der Waals surface area contributed by atoms with Crippen LogP contribution in [0.2, 0.25) is 0 Å². The van der Waals surface area contributed by atoms with Gasteiger partial charge in [-0.15, -0.1) is 11.3 Å². The number of halogens is 2. The fraction of sp³-hybridized carbons (Fsp3) is 0.267. The Morgan fingerprint density at radius 3 is 2.64 bits per heavy atom. The molecule has 0 aliphatic carbocycles. The zero-order chi connectivity index (χ0) is 18.3. The quantitative estimate of drug-likeness (QED) is 0.688. The van der Waals surface area contributed by atoms with Crippen molar-refractivity contribution >= 4 is 27.3 Å². The van der Waals surface area contributed by atoms with Gasteiger partial charge < -0.3 is 10.1 Å². The first-order valence-electron chi connectivity index (χ1n) is 7.21. The van der Waals surface area contributed by atoms with Crippen LogP contribution in [0, 0.1) is 0 Å². The molecule has 10 heteroatoms. The summed E-state index contributed by atoms with van der Waals surface area (Å²) in [6, 6.07) is 9.19. The van der Waals surface area contributed by atoms with Gasteiger partial charge >= 0.3 is 6.61 Å². The molecule has 2 N–H and O–H groups in total. The van der Waals surface area contributed by atoms with Gasteiger partial charge in [0.05, 0.1) is 0 Å². The Balaban J connectivity index is 1.80. The van der Waals surface area contributed by atoms with Crippen molar-refractivity contribution in [3.8, 4) is 5.75 Å². The zero-order valence-corrected chi connectivity index (χ0v) is 14.6. The molecule has 2 aromatic rings. The highest BCUT2D eigenvalue weighted by Gasteiger charge is 2.15. The number of nitrogens with one attached hydrogen (secondary N) is 2. The lowest BCUT2D eigenvalue weighted by atomic mass is 10.2. The maximum atomic E-state index is 12.3. The minimum Gasteiger partial charge on any atom is -0.434 e. The summed E-state index contributed by atoms with van der Waals surface area (Å²) >= 11 is 1.08. The number of alkyl halides is 2. The Hall–Kier alpha value is -2.04. The predicted octanol–water partition coefficient (Wildman–Crippen LogP) is 2.33. The standard InChI is InChI=1S/C15H16F2N2O4S2/c16-15(17)23-12-5-2-1-4-11(12)10-18-13(20)7-8-19-25(21,22)14-6-3-9-24-14/h1-6,9,15,19H,7-8,10H2,(H,18,20). The van der Waals surface area contributed by atoms with E-state index in [-0.39, 0.29) is 29.5 Å². The molecule has 0 fully saturated rings. The third kappa shape index (κ3) is 6.07. The Morgan fingerprint density at radius 2 is 1.96 bits per heavy atom. The number of ether oxygens (including phenoxy) is 1. The molecule has 25 heavy (non-hydrogen) atoms. The van der Waals surface area contributed by atoms with E-state index in [0.717, 1.165) is 11.3 Å². The highest BCUT2D eigenvalue weighted by atomic mass is 32.2. The van der Waals surface area contributed by atoms with Gasteiger partial charge in [0.1, 0.15) is 9.96 Å². The number of rotatable bonds is 9. The average molecular weight is 390 g/mol. The van der Waals surface area contributed by atoms with Crippen LogP contribution in [0.25, 0.3) is 0 Å². The van der Waals surface area contributed by atoms with Crippen LogP contribution < -0.4 is 14.8 Å². The molecule has 1 heterocycles. The van der Waals surface area contributed by atoms with Gasteiger partial charge in [-0.05, 0) is 17.5 Å². The second-order valence-electron chi connectivity index (χ2n) is 4.84. The lowest BCUT2D eigenvalue weighted by Gasteiger charge is -2.11. The summed E-state index contributed by atoms with van der Waals surface area (Å²) in [4.78, 5) is 11.8. The maximum absolute atomic E-state index is 12.3. The Labute approximate surface area is 147 Å². The number of para-hydroxylation sites is 1. The fourth-order valence-electron chi connectivity index (χ4n) is 1.93. The molecule has 1 amide bonds. The van der Waals surface area contributed by atoms with E-state index >= 15 is 0 Å². The van der Waals surface area contributed by atoms with Crippen molar-refractivity contribution in [1.29, 1.82) is 0 Å². The second-order valence-corrected chi connectivity index (χ2v) is 7.78. The van der Waals surface area contributed by atoms with Crippen molar-refractivity contribution in [1.82, 2.24) is 10.0 Å². The number of carbonyl (C=O) groups excluding carboxylic acids is 1. The van der Waals surface area contributed by atoms with Crippen molar-refractivity contribution in [2.75, 3.05) is 6.54 Å². The summed E-state index contributed by atoms with van der Waals surface area (Å²) < 4.78 is 55.3. The van der Waals surface area contributed by atoms with E-state index in [1.165, 1.54) is 12.1 Å². The summed E-state index contributed by atoms with van der Waals surface area (Å²) in [6.07, 6.45) is -0.0809. The topological polar surface area (TPSA) is 84.5 Å². The fourth-order valence-corrected chi connectivity index (χ4v) is 4.00. The molecular weight excluding hydrogens is 374 g/mol. The number of amides is 1. The molecule has 0 saturated carbocycles. The van der Waals surface area contributed by atoms with Gasteiger partial charge in [-0.1, -0.05) is 24.3 Å². The van der Waals surface area contributed by atoms with Gasteiger partial charge in [0, 0.05) is 25.1 Å². The molecule has 0 bridgehead atoms. The van der Waals surface area contributed by atoms with Gasteiger partial charge in [0.25, 0.3) is 0 Å². The maximum Gasteiger partial charge on any atom is 0.387 e. The van der Waals surface area contributed by atoms with Gasteiger partial charge in [-0.25, -0.2) is 13.1 Å². The monoisotopic (exact) mass is 390 g/mol. The van der Waals surface area contributed by atoms with Crippen LogP contribution in [0.4, 0.5) is 8.78 Å². The number of carbonyl (C=O) groups is 1. The van der Waals surface area contributed by atoms with Crippen LogP contribution >= 0.6 is 11.3 Å². The molecule has 0 aliphatic rings. The predicted molar refractivity (Wildman–Crippen MR) is 89.0 cm³/mol. The molecule has 0 atom stereocenters. The lowest BCUT2D eigenvalue weighted by Crippen LogP contribution is -2.30. The molecule has 0 saturated heterocycles. The SMILES string of the molecule is O=C(CCNS(=O)(=O)c1cccs1)NCc1ccccc1OC(F)F. The van der Waals surface area contributed by atoms with E-state index in [2.05, 4.69) is 14.8 Å². The minimum atomic E-state index is -3.61. The average Bonchev–Trinajstić information content (AvgIpc) is 3.09. The first kappa shape index (κ1) is 19.3. The molecule has 0 radical (unpaired) electrons. The molecule has 1 aromatic heterocycles. The third-order valence-electron chi connectivity index (χ3n) is 3.07. The first-order valence-corrected chi connectivity index (χ1v) is 9.57. The number of benzene rings is 1. The van der Waals surface area contributed by atoms with Crippen molar-refractivity contribution < 1.29 is 26.7 Å². The molecule has 136 valence electrons. The minimum absolute atomic E-state index is 0.000594. The summed E-state index contributed by atoms with van der Waals surface area (Å²) in [5, 5.41) is 4.18.